The third-order valence-corrected chi connectivity index (χ3v) is 7.16. The molecule has 43 heavy (non-hydrogen) atoms. The average molecular weight is 604 g/mol. The Bertz CT molecular complexity index is 1180. The first-order valence-electron chi connectivity index (χ1n) is 14.1. The number of nitrogens with one attached hydrogen (secondary N) is 4. The van der Waals surface area contributed by atoms with E-state index >= 15 is 0 Å². The Morgan fingerprint density at radius 1 is 1.00 bits per heavy atom. The molecule has 15 heteroatoms. The molecule has 0 unspecified atom stereocenters. The summed E-state index contributed by atoms with van der Waals surface area (Å²) in [6.07, 6.45) is 1.08. The van der Waals surface area contributed by atoms with Gasteiger partial charge in [0, 0.05) is 6.54 Å². The number of aliphatic carboxylic acids is 1. The predicted molar refractivity (Wildman–Crippen MR) is 154 cm³/mol. The molecule has 1 fully saturated rings. The van der Waals surface area contributed by atoms with Gasteiger partial charge in [-0.3, -0.25) is 28.8 Å². The van der Waals surface area contributed by atoms with Crippen LogP contribution >= 0.6 is 0 Å². The first kappa shape index (κ1) is 34.7. The number of benzene rings is 1. The maximum Gasteiger partial charge on any atom is 0.326 e. The minimum atomic E-state index is -1.43. The van der Waals surface area contributed by atoms with E-state index in [1.807, 2.05) is 30.3 Å². The van der Waals surface area contributed by atoms with Crippen molar-refractivity contribution in [2.75, 3.05) is 19.6 Å². The van der Waals surface area contributed by atoms with Gasteiger partial charge in [-0.25, -0.2) is 4.79 Å². The third kappa shape index (κ3) is 11.0. The first-order chi connectivity index (χ1) is 20.3. The molecule has 1 aliphatic rings. The number of carbonyl (C=O) groups is 7. The molecule has 0 bridgehead atoms. The predicted octanol–water partition coefficient (Wildman–Crippen LogP) is -2.24. The van der Waals surface area contributed by atoms with Crippen LogP contribution in [0.5, 0.6) is 0 Å². The van der Waals surface area contributed by atoms with Crippen molar-refractivity contribution >= 4 is 41.4 Å². The van der Waals surface area contributed by atoms with Crippen LogP contribution in [0.15, 0.2) is 30.3 Å². The van der Waals surface area contributed by atoms with Crippen molar-refractivity contribution in [3.05, 3.63) is 35.9 Å². The largest absolute Gasteiger partial charge is 0.480 e. The number of carboxylic acid groups (broad SMARTS) is 1. The van der Waals surface area contributed by atoms with Crippen molar-refractivity contribution in [2.24, 2.45) is 17.4 Å². The Kier molecular flexibility index (Phi) is 13.5. The standard InChI is InChI=1S/C28H41N7O8/c1-3-16(2)24(28(42)43)34-23(38)15-31-22(37)14-32-25(39)19(13-21(30)36)33-26(40)20-10-7-11-35(20)27(41)18(29)12-17-8-5-4-6-9-17/h4-6,8-9,16,18-20,24H,3,7,10-15,29H2,1-2H3,(H2,30,36)(H,31,37)(H,32,39)(H,33,40)(H,34,38)(H,42,43)/t16-,18-,19-,20-,24-/m0/s1. The minimum absolute atomic E-state index is 0.277. The van der Waals surface area contributed by atoms with E-state index in [2.05, 4.69) is 21.3 Å². The zero-order valence-electron chi connectivity index (χ0n) is 24.3. The topological polar surface area (TPSA) is 243 Å². The van der Waals surface area contributed by atoms with E-state index in [-0.39, 0.29) is 12.3 Å². The highest BCUT2D eigenvalue weighted by Crippen LogP contribution is 2.19. The smallest absolute Gasteiger partial charge is 0.326 e. The summed E-state index contributed by atoms with van der Waals surface area (Å²) in [5, 5.41) is 18.6. The van der Waals surface area contributed by atoms with Crippen LogP contribution in [0.4, 0.5) is 0 Å². The van der Waals surface area contributed by atoms with Gasteiger partial charge in [-0.05, 0) is 30.7 Å². The number of rotatable bonds is 16. The Morgan fingerprint density at radius 2 is 1.65 bits per heavy atom. The van der Waals surface area contributed by atoms with Crippen LogP contribution in [-0.4, -0.2) is 95.2 Å². The van der Waals surface area contributed by atoms with Crippen LogP contribution < -0.4 is 32.7 Å². The van der Waals surface area contributed by atoms with Crippen molar-refractivity contribution in [3.8, 4) is 0 Å². The summed E-state index contributed by atoms with van der Waals surface area (Å²) < 4.78 is 0. The second kappa shape index (κ2) is 16.8. The van der Waals surface area contributed by atoms with Gasteiger partial charge < -0.3 is 42.7 Å². The molecule has 2 rings (SSSR count). The van der Waals surface area contributed by atoms with Gasteiger partial charge in [-0.1, -0.05) is 50.6 Å². The number of carboxylic acids is 1. The number of nitrogens with zero attached hydrogens (tertiary/aromatic N) is 1. The van der Waals surface area contributed by atoms with Gasteiger partial charge in [0.05, 0.1) is 25.6 Å². The van der Waals surface area contributed by atoms with Crippen LogP contribution in [0.3, 0.4) is 0 Å². The molecule has 0 aliphatic carbocycles. The zero-order valence-corrected chi connectivity index (χ0v) is 24.3. The molecule has 0 aromatic heterocycles. The number of hydrogen-bond donors (Lipinski definition) is 7. The van der Waals surface area contributed by atoms with Gasteiger partial charge in [0.2, 0.25) is 35.4 Å². The van der Waals surface area contributed by atoms with Crippen molar-refractivity contribution in [1.82, 2.24) is 26.2 Å². The first-order valence-corrected chi connectivity index (χ1v) is 14.1. The summed E-state index contributed by atoms with van der Waals surface area (Å²) in [7, 11) is 0. The lowest BCUT2D eigenvalue weighted by Gasteiger charge is -2.28. The Labute approximate surface area is 249 Å². The SMILES string of the molecule is CC[C@H](C)[C@H](NC(=O)CNC(=O)CNC(=O)[C@H](CC(N)=O)NC(=O)[C@@H]1CCCN1C(=O)[C@@H](N)Cc1ccccc1)C(=O)O. The normalized spacial score (nSPS) is 17.1. The highest BCUT2D eigenvalue weighted by atomic mass is 16.4. The molecule has 0 saturated carbocycles. The number of likely N-dealkylation sites (tertiary alicyclic amines) is 1. The van der Waals surface area contributed by atoms with Gasteiger partial charge in [0.15, 0.2) is 0 Å². The number of primary amides is 1. The summed E-state index contributed by atoms with van der Waals surface area (Å²) in [5.41, 5.74) is 12.3. The van der Waals surface area contributed by atoms with Crippen molar-refractivity contribution in [1.29, 1.82) is 0 Å². The number of nitrogens with two attached hydrogens (primary N) is 2. The van der Waals surface area contributed by atoms with Gasteiger partial charge in [-0.2, -0.15) is 0 Å². The molecule has 236 valence electrons. The van der Waals surface area contributed by atoms with E-state index in [0.717, 1.165) is 5.56 Å². The molecule has 1 saturated heterocycles. The second-order valence-electron chi connectivity index (χ2n) is 10.5. The molecule has 0 radical (unpaired) electrons. The highest BCUT2D eigenvalue weighted by molar-refractivity contribution is 5.96. The Hall–Kier alpha value is -4.53. The van der Waals surface area contributed by atoms with Crippen LogP contribution in [0.25, 0.3) is 0 Å². The molecular weight excluding hydrogens is 562 g/mol. The van der Waals surface area contributed by atoms with Gasteiger partial charge in [0.25, 0.3) is 0 Å². The lowest BCUT2D eigenvalue weighted by Crippen LogP contribution is -2.56. The fraction of sp³-hybridized carbons (Fsp3) is 0.536. The molecule has 15 nitrogen and oxygen atoms in total. The summed E-state index contributed by atoms with van der Waals surface area (Å²) in [4.78, 5) is 87.6. The second-order valence-corrected chi connectivity index (χ2v) is 10.5. The van der Waals surface area contributed by atoms with Gasteiger partial charge in [-0.15, -0.1) is 0 Å². The van der Waals surface area contributed by atoms with Crippen molar-refractivity contribution < 1.29 is 38.7 Å². The summed E-state index contributed by atoms with van der Waals surface area (Å²) in [6.45, 7) is 2.60. The lowest BCUT2D eigenvalue weighted by atomic mass is 9.99. The minimum Gasteiger partial charge on any atom is -0.480 e. The maximum atomic E-state index is 13.1. The van der Waals surface area contributed by atoms with Crippen molar-refractivity contribution in [2.45, 2.75) is 70.1 Å². The number of carbonyl (C=O) groups excluding carboxylic acids is 6. The molecule has 1 heterocycles. The molecule has 9 N–H and O–H groups in total. The Balaban J connectivity index is 1.92. The van der Waals surface area contributed by atoms with E-state index in [0.29, 0.717) is 25.8 Å². The summed E-state index contributed by atoms with van der Waals surface area (Å²) >= 11 is 0. The molecule has 1 aromatic rings. The summed E-state index contributed by atoms with van der Waals surface area (Å²) in [5.74, 6) is -5.91. The molecular formula is C28H41N7O8. The molecule has 1 aromatic carbocycles. The fourth-order valence-corrected chi connectivity index (χ4v) is 4.59. The zero-order chi connectivity index (χ0) is 32.1. The molecule has 5 atom stereocenters. The number of hydrogen-bond acceptors (Lipinski definition) is 8. The molecule has 0 spiro atoms. The Morgan fingerprint density at radius 3 is 2.26 bits per heavy atom. The lowest BCUT2D eigenvalue weighted by molar-refractivity contribution is -0.143. The number of amides is 6. The van der Waals surface area contributed by atoms with Crippen molar-refractivity contribution in [3.63, 3.8) is 0 Å². The van der Waals surface area contributed by atoms with E-state index in [9.17, 15) is 38.7 Å². The molecule has 6 amide bonds. The molecule has 1 aliphatic heterocycles. The van der Waals surface area contributed by atoms with E-state index in [4.69, 9.17) is 11.5 Å². The summed E-state index contributed by atoms with van der Waals surface area (Å²) in [6, 6.07) is 4.83. The van der Waals surface area contributed by atoms with Crippen LogP contribution in [0.2, 0.25) is 0 Å². The van der Waals surface area contributed by atoms with Crippen LogP contribution in [0.1, 0.15) is 45.1 Å². The van der Waals surface area contributed by atoms with E-state index < -0.39 is 85.1 Å². The average Bonchev–Trinajstić information content (AvgIpc) is 3.46. The van der Waals surface area contributed by atoms with E-state index in [1.165, 1.54) is 4.90 Å². The van der Waals surface area contributed by atoms with Gasteiger partial charge in [0.1, 0.15) is 18.1 Å². The monoisotopic (exact) mass is 603 g/mol. The third-order valence-electron chi connectivity index (χ3n) is 7.16. The fourth-order valence-electron chi connectivity index (χ4n) is 4.59. The maximum absolute atomic E-state index is 13.1. The van der Waals surface area contributed by atoms with Crippen LogP contribution in [-0.2, 0) is 40.0 Å². The van der Waals surface area contributed by atoms with E-state index in [1.54, 1.807) is 13.8 Å². The highest BCUT2D eigenvalue weighted by Gasteiger charge is 2.38. The van der Waals surface area contributed by atoms with Gasteiger partial charge >= 0.3 is 5.97 Å². The van der Waals surface area contributed by atoms with Crippen LogP contribution in [0, 0.1) is 5.92 Å². The quantitative estimate of drug-likeness (QED) is 0.108.